The fourth-order valence-corrected chi connectivity index (χ4v) is 8.09. The van der Waals surface area contributed by atoms with Gasteiger partial charge >= 0.3 is 5.97 Å². The highest BCUT2D eigenvalue weighted by Gasteiger charge is 2.30. The minimum Gasteiger partial charge on any atom is -0.497 e. The molecule has 1 aliphatic heterocycles. The van der Waals surface area contributed by atoms with Gasteiger partial charge in [-0.1, -0.05) is 155 Å². The molecule has 1 saturated heterocycles. The molecule has 2 rings (SSSR count). The fourth-order valence-electron chi connectivity index (χ4n) is 8.09. The van der Waals surface area contributed by atoms with Crippen molar-refractivity contribution in [1.82, 2.24) is 15.1 Å². The summed E-state index contributed by atoms with van der Waals surface area (Å²) >= 11 is 0. The predicted octanol–water partition coefficient (Wildman–Crippen LogP) is 11.0. The number of esters is 1. The van der Waals surface area contributed by atoms with Crippen LogP contribution in [0.15, 0.2) is 24.3 Å². The summed E-state index contributed by atoms with van der Waals surface area (Å²) in [5, 5.41) is 3.16. The average Bonchev–Trinajstić information content (AvgIpc) is 3.20. The van der Waals surface area contributed by atoms with E-state index >= 15 is 0 Å². The third-order valence-corrected chi connectivity index (χ3v) is 11.6. The topological polar surface area (TPSA) is 88.2 Å². The number of methoxy groups -OCH3 is 1. The van der Waals surface area contributed by atoms with Gasteiger partial charge in [-0.15, -0.1) is 0 Å². The van der Waals surface area contributed by atoms with Crippen molar-refractivity contribution >= 4 is 17.8 Å². The molecule has 0 aromatic heterocycles. The Balaban J connectivity index is 1.94. The molecule has 2 atom stereocenters. The number of benzene rings is 1. The first-order chi connectivity index (χ1) is 26.9. The Morgan fingerprint density at radius 2 is 1.35 bits per heavy atom. The van der Waals surface area contributed by atoms with Crippen molar-refractivity contribution in [2.75, 3.05) is 39.9 Å². The van der Waals surface area contributed by atoms with Crippen LogP contribution in [-0.4, -0.2) is 79.6 Å². The van der Waals surface area contributed by atoms with Crippen molar-refractivity contribution in [1.29, 1.82) is 0 Å². The lowest BCUT2D eigenvalue weighted by Crippen LogP contribution is -2.52. The Bertz CT molecular complexity index is 1110. The number of ether oxygens (including phenoxy) is 2. The molecule has 0 saturated carbocycles. The zero-order valence-electron chi connectivity index (χ0n) is 36.0. The number of carbonyl (C=O) groups is 3. The van der Waals surface area contributed by atoms with Gasteiger partial charge in [0.15, 0.2) is 6.61 Å². The lowest BCUT2D eigenvalue weighted by Gasteiger charge is -2.36. The minimum absolute atomic E-state index is 0.113. The van der Waals surface area contributed by atoms with E-state index in [0.29, 0.717) is 38.4 Å². The Labute approximate surface area is 337 Å². The van der Waals surface area contributed by atoms with Gasteiger partial charge in [0.2, 0.25) is 5.91 Å². The zero-order chi connectivity index (χ0) is 39.8. The molecule has 2 unspecified atom stereocenters. The first-order valence-electron chi connectivity index (χ1n) is 23.0. The van der Waals surface area contributed by atoms with Gasteiger partial charge in [-0.2, -0.15) is 0 Å². The van der Waals surface area contributed by atoms with E-state index in [4.69, 9.17) is 9.47 Å². The number of unbranched alkanes of at least 4 members (excludes halogenated alkanes) is 17. The molecule has 1 heterocycles. The van der Waals surface area contributed by atoms with Gasteiger partial charge in [0.25, 0.3) is 5.91 Å². The Kier molecular flexibility index (Phi) is 28.7. The third-order valence-electron chi connectivity index (χ3n) is 11.6. The monoisotopic (exact) mass is 770 g/mol. The van der Waals surface area contributed by atoms with Gasteiger partial charge in [0.05, 0.1) is 7.11 Å². The van der Waals surface area contributed by atoms with Crippen LogP contribution in [-0.2, 0) is 25.5 Å². The van der Waals surface area contributed by atoms with E-state index < -0.39 is 6.04 Å². The Hall–Kier alpha value is -2.61. The van der Waals surface area contributed by atoms with Crippen LogP contribution in [0.1, 0.15) is 193 Å². The highest BCUT2D eigenvalue weighted by Crippen LogP contribution is 2.21. The quantitative estimate of drug-likeness (QED) is 0.0555. The van der Waals surface area contributed by atoms with Crippen molar-refractivity contribution in [3.05, 3.63) is 29.8 Å². The molecule has 8 nitrogen and oxygen atoms in total. The highest BCUT2D eigenvalue weighted by atomic mass is 16.5. The molecule has 316 valence electrons. The first kappa shape index (κ1) is 48.5. The summed E-state index contributed by atoms with van der Waals surface area (Å²) in [6, 6.07) is 7.91. The Morgan fingerprint density at radius 1 is 0.764 bits per heavy atom. The zero-order valence-corrected chi connectivity index (χ0v) is 36.0. The van der Waals surface area contributed by atoms with Crippen LogP contribution in [0.3, 0.4) is 0 Å². The summed E-state index contributed by atoms with van der Waals surface area (Å²) in [6.45, 7) is 9.41. The minimum atomic E-state index is -0.586. The van der Waals surface area contributed by atoms with Crippen LogP contribution >= 0.6 is 0 Å². The maximum absolute atomic E-state index is 14.0. The number of likely N-dealkylation sites (tertiary alicyclic amines) is 1. The van der Waals surface area contributed by atoms with Crippen LogP contribution in [0, 0.1) is 0 Å². The van der Waals surface area contributed by atoms with Crippen LogP contribution in [0.25, 0.3) is 0 Å². The van der Waals surface area contributed by atoms with E-state index in [1.807, 2.05) is 24.3 Å². The molecule has 1 fully saturated rings. The molecule has 0 radical (unpaired) electrons. The molecule has 1 N–H and O–H groups in total. The number of hydrogen-bond acceptors (Lipinski definition) is 6. The molecule has 8 heteroatoms. The lowest BCUT2D eigenvalue weighted by molar-refractivity contribution is -0.154. The summed E-state index contributed by atoms with van der Waals surface area (Å²) < 4.78 is 10.9. The van der Waals surface area contributed by atoms with Gasteiger partial charge < -0.3 is 24.6 Å². The van der Waals surface area contributed by atoms with E-state index in [1.165, 1.54) is 103 Å². The fraction of sp³-hybridized carbons (Fsp3) is 0.809. The molecule has 1 aromatic carbocycles. The number of piperidine rings is 1. The van der Waals surface area contributed by atoms with E-state index in [2.05, 4.69) is 31.0 Å². The molecular formula is C47H83N3O5. The molecule has 1 aromatic rings. The summed E-state index contributed by atoms with van der Waals surface area (Å²) in [6.07, 6.45) is 30.2. The van der Waals surface area contributed by atoms with Gasteiger partial charge in [-0.3, -0.25) is 14.4 Å². The number of hydrogen-bond donors (Lipinski definition) is 1. The number of nitrogens with zero attached hydrogens (tertiary/aromatic N) is 2. The van der Waals surface area contributed by atoms with Crippen LogP contribution in [0.2, 0.25) is 0 Å². The van der Waals surface area contributed by atoms with Gasteiger partial charge in [-0.25, -0.2) is 0 Å². The molecule has 0 spiro atoms. The van der Waals surface area contributed by atoms with Crippen LogP contribution in [0.4, 0.5) is 0 Å². The predicted molar refractivity (Wildman–Crippen MR) is 229 cm³/mol. The largest absolute Gasteiger partial charge is 0.497 e. The Morgan fingerprint density at radius 3 is 1.93 bits per heavy atom. The van der Waals surface area contributed by atoms with E-state index in [9.17, 15) is 14.4 Å². The van der Waals surface area contributed by atoms with Crippen molar-refractivity contribution < 1.29 is 23.9 Å². The van der Waals surface area contributed by atoms with Crippen LogP contribution < -0.4 is 10.1 Å². The summed E-state index contributed by atoms with van der Waals surface area (Å²) in [5.41, 5.74) is 1.11. The normalized spacial score (nSPS) is 15.1. The smallest absolute Gasteiger partial charge is 0.306 e. The van der Waals surface area contributed by atoms with Gasteiger partial charge in [-0.05, 0) is 69.2 Å². The number of amides is 2. The molecule has 0 bridgehead atoms. The molecule has 1 aliphatic rings. The maximum atomic E-state index is 14.0. The van der Waals surface area contributed by atoms with Crippen molar-refractivity contribution in [2.45, 2.75) is 206 Å². The van der Waals surface area contributed by atoms with Gasteiger partial charge in [0, 0.05) is 32.1 Å². The van der Waals surface area contributed by atoms with Crippen LogP contribution in [0.5, 0.6) is 5.75 Å². The third kappa shape index (κ3) is 22.7. The molecule has 55 heavy (non-hydrogen) atoms. The second-order valence-electron chi connectivity index (χ2n) is 16.1. The highest BCUT2D eigenvalue weighted by molar-refractivity contribution is 5.88. The number of carbonyl (C=O) groups excluding carboxylic acids is 3. The lowest BCUT2D eigenvalue weighted by atomic mass is 9.99. The second kappa shape index (κ2) is 32.5. The van der Waals surface area contributed by atoms with E-state index in [-0.39, 0.29) is 24.4 Å². The molecule has 2 amide bonds. The summed E-state index contributed by atoms with van der Waals surface area (Å²) in [7, 11) is 1.66. The second-order valence-corrected chi connectivity index (χ2v) is 16.1. The average molecular weight is 770 g/mol. The van der Waals surface area contributed by atoms with Gasteiger partial charge in [0.1, 0.15) is 11.8 Å². The number of nitrogens with one attached hydrogen (secondary N) is 1. The van der Waals surface area contributed by atoms with Crippen molar-refractivity contribution in [2.24, 2.45) is 0 Å². The summed E-state index contributed by atoms with van der Waals surface area (Å²) in [4.78, 5) is 45.0. The van der Waals surface area contributed by atoms with Crippen molar-refractivity contribution in [3.63, 3.8) is 0 Å². The maximum Gasteiger partial charge on any atom is 0.306 e. The standard InChI is InChI=1S/C47H83N3O5/c1-5-8-10-12-14-15-16-17-18-19-20-22-24-30-46(52)55-40-45(51)50(39-27-38-49-37-26-25-28-42(49)7-3)44(29-23-21-13-11-9-6-2)47(53)48-36-35-41-31-33-43(54-4)34-32-41/h31-34,42,44H,5-30,35-40H2,1-4H3,(H,48,53). The van der Waals surface area contributed by atoms with E-state index in [1.54, 1.807) is 12.0 Å². The first-order valence-corrected chi connectivity index (χ1v) is 23.0. The SMILES string of the molecule is CCCCCCCCCCCCCCCC(=O)OCC(=O)N(CCCN1CCCCC1CC)C(CCCCCCCC)C(=O)NCCc1ccc(OC)cc1. The number of rotatable bonds is 34. The van der Waals surface area contributed by atoms with Crippen molar-refractivity contribution in [3.8, 4) is 5.75 Å². The van der Waals surface area contributed by atoms with E-state index in [0.717, 1.165) is 75.8 Å². The molecular weight excluding hydrogens is 687 g/mol. The summed E-state index contributed by atoms with van der Waals surface area (Å²) in [5.74, 6) is 0.122. The molecule has 0 aliphatic carbocycles.